The van der Waals surface area contributed by atoms with Gasteiger partial charge in [-0.25, -0.2) is 4.79 Å². The van der Waals surface area contributed by atoms with Crippen LogP contribution in [0.15, 0.2) is 36.5 Å². The van der Waals surface area contributed by atoms with Crippen molar-refractivity contribution in [2.75, 3.05) is 13.1 Å². The first kappa shape index (κ1) is 15.9. The van der Waals surface area contributed by atoms with Crippen LogP contribution in [0.4, 0.5) is 0 Å². The van der Waals surface area contributed by atoms with E-state index >= 15 is 0 Å². The van der Waals surface area contributed by atoms with Crippen molar-refractivity contribution in [1.82, 2.24) is 15.1 Å². The van der Waals surface area contributed by atoms with Gasteiger partial charge in [0.05, 0.1) is 5.56 Å². The van der Waals surface area contributed by atoms with Crippen molar-refractivity contribution in [2.45, 2.75) is 37.7 Å². The summed E-state index contributed by atoms with van der Waals surface area (Å²) in [6.45, 7) is 3.04. The number of aromatic amines is 1. The van der Waals surface area contributed by atoms with Crippen molar-refractivity contribution in [1.29, 1.82) is 0 Å². The van der Waals surface area contributed by atoms with Crippen LogP contribution < -0.4 is 0 Å². The van der Waals surface area contributed by atoms with Crippen LogP contribution in [0.5, 0.6) is 0 Å². The highest BCUT2D eigenvalue weighted by molar-refractivity contribution is 5.97. The number of amides is 1. The minimum absolute atomic E-state index is 0.112. The zero-order chi connectivity index (χ0) is 17.4. The zero-order valence-electron chi connectivity index (χ0n) is 14.2. The Morgan fingerprint density at radius 1 is 1.36 bits per heavy atom. The Kier molecular flexibility index (Phi) is 3.82. The molecule has 2 atom stereocenters. The number of H-pyrrole nitrogens is 1. The fraction of sp³-hybridized carbons (Fsp3) is 0.421. The van der Waals surface area contributed by atoms with Gasteiger partial charge < -0.3 is 9.64 Å². The highest BCUT2D eigenvalue weighted by Gasteiger charge is 2.45. The second-order valence-corrected chi connectivity index (χ2v) is 7.06. The number of benzene rings is 1. The van der Waals surface area contributed by atoms with Gasteiger partial charge in [0.1, 0.15) is 0 Å². The Morgan fingerprint density at radius 3 is 3.00 bits per heavy atom. The summed E-state index contributed by atoms with van der Waals surface area (Å²) in [6.07, 6.45) is 4.09. The molecule has 0 radical (unpaired) electrons. The number of aromatic nitrogens is 2. The maximum Gasteiger partial charge on any atom is 0.339 e. The smallest absolute Gasteiger partial charge is 0.339 e. The molecule has 25 heavy (non-hydrogen) atoms. The Hall–Kier alpha value is -2.63. The van der Waals surface area contributed by atoms with Crippen LogP contribution in [-0.2, 0) is 16.0 Å². The van der Waals surface area contributed by atoms with Gasteiger partial charge in [0, 0.05) is 37.3 Å². The number of cyclic esters (lactones) is 1. The molecule has 1 aromatic carbocycles. The highest BCUT2D eigenvalue weighted by atomic mass is 16.6. The van der Waals surface area contributed by atoms with E-state index in [0.29, 0.717) is 25.1 Å². The van der Waals surface area contributed by atoms with Crippen LogP contribution in [0.2, 0.25) is 0 Å². The van der Waals surface area contributed by atoms with E-state index in [4.69, 9.17) is 4.74 Å². The molecule has 6 heteroatoms. The van der Waals surface area contributed by atoms with Crippen LogP contribution in [0.25, 0.3) is 0 Å². The van der Waals surface area contributed by atoms with Crippen molar-refractivity contribution in [3.8, 4) is 0 Å². The summed E-state index contributed by atoms with van der Waals surface area (Å²) in [5.41, 5.74) is 1.34. The monoisotopic (exact) mass is 339 g/mol. The first-order valence-corrected chi connectivity index (χ1v) is 8.67. The topological polar surface area (TPSA) is 75.3 Å². The van der Waals surface area contributed by atoms with Crippen LogP contribution in [-0.4, -0.2) is 45.7 Å². The molecular formula is C19H21N3O3. The lowest BCUT2D eigenvalue weighted by atomic mass is 9.87. The molecule has 0 saturated carbocycles. The standard InChI is InChI=1S/C19H21N3O3/c1-19(11-13-5-2-3-7-15(13)17(23)25-19)18(24)22-10-4-6-14(12-22)16-8-9-20-21-16/h2-3,5,7-9,14H,4,6,10-12H2,1H3,(H,20,21)/t14-,19+/m0/s1. The molecule has 2 aliphatic heterocycles. The predicted molar refractivity (Wildman–Crippen MR) is 91.1 cm³/mol. The van der Waals surface area contributed by atoms with Gasteiger partial charge in [0.15, 0.2) is 5.60 Å². The number of likely N-dealkylation sites (tertiary alicyclic amines) is 1. The van der Waals surface area contributed by atoms with Crippen molar-refractivity contribution >= 4 is 11.9 Å². The number of carbonyl (C=O) groups excluding carboxylic acids is 2. The average molecular weight is 339 g/mol. The van der Waals surface area contributed by atoms with E-state index in [9.17, 15) is 9.59 Å². The first-order chi connectivity index (χ1) is 12.1. The third-order valence-corrected chi connectivity index (χ3v) is 5.21. The lowest BCUT2D eigenvalue weighted by Gasteiger charge is -2.40. The van der Waals surface area contributed by atoms with Gasteiger partial charge in [-0.05, 0) is 37.5 Å². The Bertz CT molecular complexity index is 802. The number of nitrogens with one attached hydrogen (secondary N) is 1. The average Bonchev–Trinajstić information content (AvgIpc) is 3.16. The van der Waals surface area contributed by atoms with E-state index in [0.717, 1.165) is 24.1 Å². The van der Waals surface area contributed by atoms with Gasteiger partial charge >= 0.3 is 5.97 Å². The third-order valence-electron chi connectivity index (χ3n) is 5.21. The van der Waals surface area contributed by atoms with Crippen molar-refractivity contribution in [2.24, 2.45) is 0 Å². The molecule has 1 aromatic heterocycles. The van der Waals surface area contributed by atoms with Crippen molar-refractivity contribution in [3.63, 3.8) is 0 Å². The Morgan fingerprint density at radius 2 is 2.20 bits per heavy atom. The normalized spacial score (nSPS) is 26.0. The number of esters is 1. The molecule has 0 unspecified atom stereocenters. The summed E-state index contributed by atoms with van der Waals surface area (Å²) in [5, 5.41) is 7.01. The number of carbonyl (C=O) groups is 2. The Balaban J connectivity index is 1.55. The summed E-state index contributed by atoms with van der Waals surface area (Å²) in [7, 11) is 0. The van der Waals surface area contributed by atoms with E-state index in [1.807, 2.05) is 29.2 Å². The fourth-order valence-corrected chi connectivity index (χ4v) is 3.90. The molecule has 6 nitrogen and oxygen atoms in total. The summed E-state index contributed by atoms with van der Waals surface area (Å²) < 4.78 is 5.59. The highest BCUT2D eigenvalue weighted by Crippen LogP contribution is 2.32. The van der Waals surface area contributed by atoms with E-state index in [2.05, 4.69) is 10.2 Å². The van der Waals surface area contributed by atoms with Gasteiger partial charge in [-0.15, -0.1) is 0 Å². The molecule has 130 valence electrons. The van der Waals surface area contributed by atoms with E-state index in [-0.39, 0.29) is 11.8 Å². The second kappa shape index (κ2) is 6.02. The zero-order valence-corrected chi connectivity index (χ0v) is 14.2. The van der Waals surface area contributed by atoms with Crippen LogP contribution in [0.1, 0.15) is 47.3 Å². The molecule has 0 bridgehead atoms. The second-order valence-electron chi connectivity index (χ2n) is 7.06. The molecule has 4 rings (SSSR count). The van der Waals surface area contributed by atoms with Crippen LogP contribution >= 0.6 is 0 Å². The van der Waals surface area contributed by atoms with E-state index < -0.39 is 11.6 Å². The van der Waals surface area contributed by atoms with Gasteiger partial charge in [0.2, 0.25) is 0 Å². The lowest BCUT2D eigenvalue weighted by Crippen LogP contribution is -2.55. The molecular weight excluding hydrogens is 318 g/mol. The molecule has 1 N–H and O–H groups in total. The number of ether oxygens (including phenoxy) is 1. The van der Waals surface area contributed by atoms with Gasteiger partial charge in [0.25, 0.3) is 5.91 Å². The number of hydrogen-bond donors (Lipinski definition) is 1. The molecule has 3 heterocycles. The van der Waals surface area contributed by atoms with E-state index in [1.54, 1.807) is 19.2 Å². The maximum absolute atomic E-state index is 13.2. The summed E-state index contributed by atoms with van der Waals surface area (Å²) in [4.78, 5) is 27.3. The van der Waals surface area contributed by atoms with Gasteiger partial charge in [-0.3, -0.25) is 9.89 Å². The molecule has 0 aliphatic carbocycles. The minimum Gasteiger partial charge on any atom is -0.445 e. The molecule has 1 saturated heterocycles. The summed E-state index contributed by atoms with van der Waals surface area (Å²) in [6, 6.07) is 9.29. The van der Waals surface area contributed by atoms with Crippen LogP contribution in [0, 0.1) is 0 Å². The molecule has 1 amide bonds. The summed E-state index contributed by atoms with van der Waals surface area (Å²) >= 11 is 0. The van der Waals surface area contributed by atoms with E-state index in [1.165, 1.54) is 0 Å². The molecule has 2 aromatic rings. The molecule has 1 fully saturated rings. The number of fused-ring (bicyclic) bond motifs is 1. The maximum atomic E-state index is 13.2. The minimum atomic E-state index is -1.14. The number of nitrogens with zero attached hydrogens (tertiary/aromatic N) is 2. The predicted octanol–water partition coefficient (Wildman–Crippen LogP) is 2.29. The van der Waals surface area contributed by atoms with Gasteiger partial charge in [-0.1, -0.05) is 18.2 Å². The third kappa shape index (κ3) is 2.81. The Labute approximate surface area is 146 Å². The SMILES string of the molecule is C[C@]1(C(=O)N2CCC[C@H](c3ccn[nH]3)C2)Cc2ccccc2C(=O)O1. The lowest BCUT2D eigenvalue weighted by molar-refractivity contribution is -0.152. The summed E-state index contributed by atoms with van der Waals surface area (Å²) in [5.74, 6) is -0.283. The van der Waals surface area contributed by atoms with Crippen molar-refractivity contribution < 1.29 is 14.3 Å². The fourth-order valence-electron chi connectivity index (χ4n) is 3.90. The van der Waals surface area contributed by atoms with Gasteiger partial charge in [-0.2, -0.15) is 5.10 Å². The largest absolute Gasteiger partial charge is 0.445 e. The molecule has 2 aliphatic rings. The number of rotatable bonds is 2. The quantitative estimate of drug-likeness (QED) is 0.852. The van der Waals surface area contributed by atoms with Crippen molar-refractivity contribution in [3.05, 3.63) is 53.3 Å². The van der Waals surface area contributed by atoms with Crippen LogP contribution in [0.3, 0.4) is 0 Å². The number of piperidine rings is 1. The number of hydrogen-bond acceptors (Lipinski definition) is 4. The first-order valence-electron chi connectivity index (χ1n) is 8.67. The molecule has 0 spiro atoms.